The van der Waals surface area contributed by atoms with Crippen LogP contribution in [-0.4, -0.2) is 40.1 Å². The first kappa shape index (κ1) is 14.3. The number of carbonyl (C=O) groups is 2. The van der Waals surface area contributed by atoms with E-state index in [1.165, 1.54) is 0 Å². The van der Waals surface area contributed by atoms with E-state index in [1.807, 2.05) is 37.4 Å². The number of nitrogens with zero attached hydrogens (tertiary/aromatic N) is 3. The van der Waals surface area contributed by atoms with E-state index < -0.39 is 0 Å². The van der Waals surface area contributed by atoms with Crippen molar-refractivity contribution in [3.8, 4) is 11.3 Å². The van der Waals surface area contributed by atoms with Crippen LogP contribution in [0.1, 0.15) is 6.42 Å². The Morgan fingerprint density at radius 1 is 1.27 bits per heavy atom. The van der Waals surface area contributed by atoms with E-state index in [0.29, 0.717) is 12.2 Å². The Kier molecular flexibility index (Phi) is 3.66. The monoisotopic (exact) mass is 298 g/mol. The minimum absolute atomic E-state index is 0.00891. The van der Waals surface area contributed by atoms with Gasteiger partial charge in [-0.2, -0.15) is 5.10 Å². The fourth-order valence-corrected chi connectivity index (χ4v) is 2.66. The lowest BCUT2D eigenvalue weighted by molar-refractivity contribution is -0.127. The van der Waals surface area contributed by atoms with E-state index in [1.54, 1.807) is 22.8 Å². The van der Waals surface area contributed by atoms with Crippen molar-refractivity contribution in [2.24, 2.45) is 13.0 Å². The maximum atomic E-state index is 12.4. The van der Waals surface area contributed by atoms with Gasteiger partial charge in [0.1, 0.15) is 5.69 Å². The number of aromatic nitrogens is 2. The lowest BCUT2D eigenvalue weighted by Gasteiger charge is -2.11. The second-order valence-corrected chi connectivity index (χ2v) is 5.60. The summed E-state index contributed by atoms with van der Waals surface area (Å²) in [5, 5.41) is 7.33. The first-order chi connectivity index (χ1) is 10.5. The summed E-state index contributed by atoms with van der Waals surface area (Å²) in [5.41, 5.74) is 2.34. The molecule has 0 aliphatic carbocycles. The summed E-state index contributed by atoms with van der Waals surface area (Å²) in [6, 6.07) is 9.70. The van der Waals surface area contributed by atoms with Crippen LogP contribution in [0.15, 0.2) is 36.5 Å². The number of carbonyl (C=O) groups excluding carboxylic acids is 2. The molecule has 114 valence electrons. The Hall–Kier alpha value is -2.63. The van der Waals surface area contributed by atoms with Crippen LogP contribution in [0.3, 0.4) is 0 Å². The number of aryl methyl sites for hydroxylation is 1. The molecule has 22 heavy (non-hydrogen) atoms. The molecule has 1 saturated heterocycles. The number of rotatable bonds is 3. The fraction of sp³-hybridized carbons (Fsp3) is 0.312. The van der Waals surface area contributed by atoms with E-state index in [-0.39, 0.29) is 24.2 Å². The van der Waals surface area contributed by atoms with Gasteiger partial charge in [0.15, 0.2) is 0 Å². The van der Waals surface area contributed by atoms with Gasteiger partial charge in [-0.3, -0.25) is 14.3 Å². The second kappa shape index (κ2) is 5.63. The van der Waals surface area contributed by atoms with E-state index >= 15 is 0 Å². The summed E-state index contributed by atoms with van der Waals surface area (Å²) >= 11 is 0. The summed E-state index contributed by atoms with van der Waals surface area (Å²) in [5.74, 6) is -0.432. The maximum Gasteiger partial charge on any atom is 0.229 e. The molecule has 1 aliphatic heterocycles. The van der Waals surface area contributed by atoms with Crippen LogP contribution in [0.25, 0.3) is 11.3 Å². The topological polar surface area (TPSA) is 67.2 Å². The molecule has 1 N–H and O–H groups in total. The third-order valence-electron chi connectivity index (χ3n) is 3.85. The van der Waals surface area contributed by atoms with Crippen molar-refractivity contribution in [1.29, 1.82) is 0 Å². The predicted molar refractivity (Wildman–Crippen MR) is 83.0 cm³/mol. The van der Waals surface area contributed by atoms with Gasteiger partial charge in [0.25, 0.3) is 0 Å². The van der Waals surface area contributed by atoms with Crippen molar-refractivity contribution < 1.29 is 9.59 Å². The average Bonchev–Trinajstić information content (AvgIpc) is 3.03. The number of amides is 2. The van der Waals surface area contributed by atoms with Gasteiger partial charge in [-0.25, -0.2) is 0 Å². The van der Waals surface area contributed by atoms with E-state index in [0.717, 1.165) is 11.3 Å². The van der Waals surface area contributed by atoms with Crippen molar-refractivity contribution in [2.45, 2.75) is 6.42 Å². The number of hydrogen-bond acceptors (Lipinski definition) is 3. The number of hydrogen-bond donors (Lipinski definition) is 1. The third-order valence-corrected chi connectivity index (χ3v) is 3.85. The number of benzene rings is 1. The Balaban J connectivity index is 1.81. The molecule has 1 atom stereocenters. The standard InChI is InChI=1S/C16H18N4O2/c1-19-9-12(8-14(19)21)16(22)17-13-10-20(2)18-15(13)11-6-4-3-5-7-11/h3-7,10,12H,8-9H2,1-2H3,(H,17,22)/t12-/m0/s1. The molecule has 2 heterocycles. The highest BCUT2D eigenvalue weighted by atomic mass is 16.2. The zero-order valence-electron chi connectivity index (χ0n) is 12.6. The minimum atomic E-state index is -0.304. The summed E-state index contributed by atoms with van der Waals surface area (Å²) in [6.45, 7) is 0.464. The summed E-state index contributed by atoms with van der Waals surface area (Å²) in [7, 11) is 3.53. The molecule has 6 heteroatoms. The van der Waals surface area contributed by atoms with Crippen LogP contribution in [0, 0.1) is 5.92 Å². The Bertz CT molecular complexity index is 708. The average molecular weight is 298 g/mol. The van der Waals surface area contributed by atoms with Crippen molar-refractivity contribution in [3.63, 3.8) is 0 Å². The summed E-state index contributed by atoms with van der Waals surface area (Å²) < 4.78 is 1.67. The zero-order chi connectivity index (χ0) is 15.7. The highest BCUT2D eigenvalue weighted by Crippen LogP contribution is 2.27. The van der Waals surface area contributed by atoms with Crippen LogP contribution in [-0.2, 0) is 16.6 Å². The SMILES string of the molecule is CN1C[C@@H](C(=O)Nc2cn(C)nc2-c2ccccc2)CC1=O. The Morgan fingerprint density at radius 3 is 2.64 bits per heavy atom. The van der Waals surface area contributed by atoms with E-state index in [9.17, 15) is 9.59 Å². The molecule has 1 aliphatic rings. The molecule has 0 radical (unpaired) electrons. The van der Waals surface area contributed by atoms with Gasteiger partial charge in [0, 0.05) is 38.8 Å². The molecule has 3 rings (SSSR count). The molecule has 1 aromatic heterocycles. The first-order valence-electron chi connectivity index (χ1n) is 7.18. The Morgan fingerprint density at radius 2 is 2.00 bits per heavy atom. The molecule has 0 bridgehead atoms. The summed E-state index contributed by atoms with van der Waals surface area (Å²) in [6.07, 6.45) is 2.05. The number of nitrogens with one attached hydrogen (secondary N) is 1. The van der Waals surface area contributed by atoms with Crippen LogP contribution in [0.2, 0.25) is 0 Å². The molecular weight excluding hydrogens is 280 g/mol. The molecule has 6 nitrogen and oxygen atoms in total. The largest absolute Gasteiger partial charge is 0.345 e. The number of anilines is 1. The van der Waals surface area contributed by atoms with Gasteiger partial charge in [0.05, 0.1) is 11.6 Å². The van der Waals surface area contributed by atoms with E-state index in [2.05, 4.69) is 10.4 Å². The lowest BCUT2D eigenvalue weighted by Crippen LogP contribution is -2.25. The van der Waals surface area contributed by atoms with Gasteiger partial charge >= 0.3 is 0 Å². The maximum absolute atomic E-state index is 12.4. The zero-order valence-corrected chi connectivity index (χ0v) is 12.6. The number of likely N-dealkylation sites (tertiary alicyclic amines) is 1. The van der Waals surface area contributed by atoms with Gasteiger partial charge < -0.3 is 10.2 Å². The van der Waals surface area contributed by atoms with Crippen molar-refractivity contribution in [2.75, 3.05) is 18.9 Å². The Labute approximate surface area is 128 Å². The second-order valence-electron chi connectivity index (χ2n) is 5.60. The molecule has 0 unspecified atom stereocenters. The third kappa shape index (κ3) is 2.72. The predicted octanol–water partition coefficient (Wildman–Crippen LogP) is 1.50. The highest BCUT2D eigenvalue weighted by Gasteiger charge is 2.32. The van der Waals surface area contributed by atoms with Crippen LogP contribution in [0.5, 0.6) is 0 Å². The molecule has 0 spiro atoms. The fourth-order valence-electron chi connectivity index (χ4n) is 2.66. The van der Waals surface area contributed by atoms with Gasteiger partial charge in [0.2, 0.25) is 11.8 Å². The minimum Gasteiger partial charge on any atom is -0.345 e. The molecule has 2 aromatic rings. The lowest BCUT2D eigenvalue weighted by atomic mass is 10.1. The first-order valence-corrected chi connectivity index (χ1v) is 7.18. The smallest absolute Gasteiger partial charge is 0.229 e. The molecular formula is C16H18N4O2. The molecule has 1 aromatic carbocycles. The summed E-state index contributed by atoms with van der Waals surface area (Å²) in [4.78, 5) is 25.5. The highest BCUT2D eigenvalue weighted by molar-refractivity contribution is 5.99. The molecule has 2 amide bonds. The molecule has 0 saturated carbocycles. The van der Waals surface area contributed by atoms with Crippen molar-refractivity contribution in [1.82, 2.24) is 14.7 Å². The van der Waals surface area contributed by atoms with Crippen LogP contribution < -0.4 is 5.32 Å². The van der Waals surface area contributed by atoms with Crippen molar-refractivity contribution in [3.05, 3.63) is 36.5 Å². The molecule has 1 fully saturated rings. The quantitative estimate of drug-likeness (QED) is 0.934. The van der Waals surface area contributed by atoms with Gasteiger partial charge in [-0.05, 0) is 0 Å². The van der Waals surface area contributed by atoms with Gasteiger partial charge in [-0.15, -0.1) is 0 Å². The van der Waals surface area contributed by atoms with Crippen LogP contribution >= 0.6 is 0 Å². The van der Waals surface area contributed by atoms with Gasteiger partial charge in [-0.1, -0.05) is 30.3 Å². The normalized spacial score (nSPS) is 17.8. The van der Waals surface area contributed by atoms with Crippen molar-refractivity contribution >= 4 is 17.5 Å². The van der Waals surface area contributed by atoms with Crippen LogP contribution in [0.4, 0.5) is 5.69 Å². The van der Waals surface area contributed by atoms with E-state index in [4.69, 9.17) is 0 Å².